The highest BCUT2D eigenvalue weighted by Crippen LogP contribution is 2.27. The summed E-state index contributed by atoms with van der Waals surface area (Å²) in [5.74, 6) is 1.43. The molecule has 1 saturated heterocycles. The molecule has 0 spiro atoms. The minimum absolute atomic E-state index is 0.296. The predicted octanol–water partition coefficient (Wildman–Crippen LogP) is 3.31. The Hall–Kier alpha value is -3.43. The van der Waals surface area contributed by atoms with E-state index in [2.05, 4.69) is 35.1 Å². The lowest BCUT2D eigenvalue weighted by molar-refractivity contribution is 0.144. The van der Waals surface area contributed by atoms with Gasteiger partial charge in [-0.15, -0.1) is 0 Å². The van der Waals surface area contributed by atoms with Crippen molar-refractivity contribution in [3.63, 3.8) is 0 Å². The standard InChI is InChI=1S/C20H20F2N8/c21-20(22)15-1-2-18-23-11-17(30(18)28-15)16-10-19(25-12-24-16)29-7-4-13(5-8-29)9-14-3-6-26-27-14/h1-3,6,10-13,20H,4-5,7-9H2,(H,26,27). The van der Waals surface area contributed by atoms with Crippen LogP contribution in [0.2, 0.25) is 0 Å². The number of nitrogens with one attached hydrogen (secondary N) is 1. The molecule has 0 unspecified atom stereocenters. The highest BCUT2D eigenvalue weighted by molar-refractivity contribution is 5.62. The number of halogens is 2. The Balaban J connectivity index is 1.35. The molecule has 0 bridgehead atoms. The molecule has 0 atom stereocenters. The van der Waals surface area contributed by atoms with Gasteiger partial charge in [0.1, 0.15) is 23.5 Å². The van der Waals surface area contributed by atoms with Crippen LogP contribution in [-0.4, -0.2) is 47.9 Å². The lowest BCUT2D eigenvalue weighted by Gasteiger charge is -2.32. The van der Waals surface area contributed by atoms with E-state index in [0.29, 0.717) is 23.0 Å². The number of hydrogen-bond acceptors (Lipinski definition) is 6. The Kier molecular flexibility index (Phi) is 4.82. The number of H-pyrrole nitrogens is 1. The van der Waals surface area contributed by atoms with Gasteiger partial charge < -0.3 is 4.90 Å². The van der Waals surface area contributed by atoms with Crippen LogP contribution in [0, 0.1) is 5.92 Å². The smallest absolute Gasteiger partial charge is 0.282 e. The van der Waals surface area contributed by atoms with Crippen LogP contribution >= 0.6 is 0 Å². The van der Waals surface area contributed by atoms with Crippen molar-refractivity contribution in [3.05, 3.63) is 54.4 Å². The van der Waals surface area contributed by atoms with E-state index in [1.807, 2.05) is 12.1 Å². The van der Waals surface area contributed by atoms with Crippen molar-refractivity contribution < 1.29 is 8.78 Å². The van der Waals surface area contributed by atoms with Crippen molar-refractivity contribution in [2.24, 2.45) is 5.92 Å². The number of nitrogens with zero attached hydrogens (tertiary/aromatic N) is 7. The van der Waals surface area contributed by atoms with Crippen LogP contribution in [-0.2, 0) is 6.42 Å². The zero-order chi connectivity index (χ0) is 20.5. The maximum atomic E-state index is 13.1. The second kappa shape index (κ2) is 7.77. The molecule has 0 radical (unpaired) electrons. The van der Waals surface area contributed by atoms with Gasteiger partial charge in [-0.2, -0.15) is 10.2 Å². The Morgan fingerprint density at radius 1 is 1.10 bits per heavy atom. The molecule has 1 aliphatic rings. The highest BCUT2D eigenvalue weighted by Gasteiger charge is 2.22. The van der Waals surface area contributed by atoms with Gasteiger partial charge in [0.15, 0.2) is 5.65 Å². The van der Waals surface area contributed by atoms with E-state index in [9.17, 15) is 8.78 Å². The maximum absolute atomic E-state index is 13.1. The normalized spacial score (nSPS) is 15.4. The number of aromatic nitrogens is 7. The first-order valence-electron chi connectivity index (χ1n) is 9.86. The molecule has 4 aromatic heterocycles. The van der Waals surface area contributed by atoms with E-state index < -0.39 is 6.43 Å². The largest absolute Gasteiger partial charge is 0.356 e. The molecular weight excluding hydrogens is 390 g/mol. The van der Waals surface area contributed by atoms with E-state index in [1.165, 1.54) is 28.7 Å². The van der Waals surface area contributed by atoms with Crippen LogP contribution in [0.3, 0.4) is 0 Å². The van der Waals surface area contributed by atoms with E-state index in [1.54, 1.807) is 12.4 Å². The summed E-state index contributed by atoms with van der Waals surface area (Å²) in [6, 6.07) is 6.71. The van der Waals surface area contributed by atoms with Gasteiger partial charge >= 0.3 is 0 Å². The van der Waals surface area contributed by atoms with Crippen molar-refractivity contribution in [1.82, 2.24) is 34.8 Å². The minimum Gasteiger partial charge on any atom is -0.356 e. The average molecular weight is 410 g/mol. The quantitative estimate of drug-likeness (QED) is 0.543. The van der Waals surface area contributed by atoms with Crippen LogP contribution in [0.25, 0.3) is 17.0 Å². The number of rotatable bonds is 5. The van der Waals surface area contributed by atoms with Crippen LogP contribution in [0.5, 0.6) is 0 Å². The average Bonchev–Trinajstić information content (AvgIpc) is 3.43. The molecular formula is C20H20F2N8. The van der Waals surface area contributed by atoms with E-state index in [0.717, 1.165) is 38.2 Å². The van der Waals surface area contributed by atoms with Gasteiger partial charge in [-0.25, -0.2) is 28.2 Å². The Morgan fingerprint density at radius 2 is 1.97 bits per heavy atom. The van der Waals surface area contributed by atoms with Gasteiger partial charge in [0.25, 0.3) is 6.43 Å². The first kappa shape index (κ1) is 18.6. The zero-order valence-corrected chi connectivity index (χ0v) is 16.1. The van der Waals surface area contributed by atoms with Crippen molar-refractivity contribution in [1.29, 1.82) is 0 Å². The molecule has 30 heavy (non-hydrogen) atoms. The number of hydrogen-bond donors (Lipinski definition) is 1. The van der Waals surface area contributed by atoms with E-state index in [-0.39, 0.29) is 5.69 Å². The summed E-state index contributed by atoms with van der Waals surface area (Å²) < 4.78 is 27.5. The Morgan fingerprint density at radius 3 is 2.73 bits per heavy atom. The van der Waals surface area contributed by atoms with E-state index >= 15 is 0 Å². The number of imidazole rings is 1. The molecule has 0 saturated carbocycles. The molecule has 0 amide bonds. The van der Waals surface area contributed by atoms with Crippen molar-refractivity contribution >= 4 is 11.5 Å². The molecule has 0 aromatic carbocycles. The summed E-state index contributed by atoms with van der Waals surface area (Å²) in [4.78, 5) is 15.2. The molecule has 5 rings (SSSR count). The van der Waals surface area contributed by atoms with Gasteiger partial charge in [-0.05, 0) is 43.4 Å². The lowest BCUT2D eigenvalue weighted by atomic mass is 9.92. The zero-order valence-electron chi connectivity index (χ0n) is 16.1. The van der Waals surface area contributed by atoms with Gasteiger partial charge in [0.05, 0.1) is 11.9 Å². The molecule has 4 aromatic rings. The molecule has 5 heterocycles. The van der Waals surface area contributed by atoms with Gasteiger partial charge in [0, 0.05) is 31.0 Å². The molecule has 10 heteroatoms. The summed E-state index contributed by atoms with van der Waals surface area (Å²) in [5.41, 5.74) is 2.53. The Bertz CT molecular complexity index is 1130. The third-order valence-electron chi connectivity index (χ3n) is 5.53. The van der Waals surface area contributed by atoms with Gasteiger partial charge in [-0.3, -0.25) is 5.10 Å². The number of fused-ring (bicyclic) bond motifs is 1. The fraction of sp³-hybridized carbons (Fsp3) is 0.350. The molecule has 154 valence electrons. The highest BCUT2D eigenvalue weighted by atomic mass is 19.3. The van der Waals surface area contributed by atoms with Crippen molar-refractivity contribution in [3.8, 4) is 11.4 Å². The first-order chi connectivity index (χ1) is 14.7. The summed E-state index contributed by atoms with van der Waals surface area (Å²) >= 11 is 0. The molecule has 1 aliphatic heterocycles. The van der Waals surface area contributed by atoms with Crippen molar-refractivity contribution in [2.45, 2.75) is 25.7 Å². The van der Waals surface area contributed by atoms with Crippen LogP contribution in [0.1, 0.15) is 30.7 Å². The molecule has 8 nitrogen and oxygen atoms in total. The Labute approximate surface area is 171 Å². The predicted molar refractivity (Wildman–Crippen MR) is 106 cm³/mol. The number of aromatic amines is 1. The third-order valence-corrected chi connectivity index (χ3v) is 5.53. The number of alkyl halides is 2. The second-order valence-electron chi connectivity index (χ2n) is 7.45. The first-order valence-corrected chi connectivity index (χ1v) is 9.86. The van der Waals surface area contributed by atoms with Gasteiger partial charge in [0.2, 0.25) is 0 Å². The van der Waals surface area contributed by atoms with Crippen LogP contribution in [0.15, 0.2) is 43.0 Å². The topological polar surface area (TPSA) is 87.9 Å². The summed E-state index contributed by atoms with van der Waals surface area (Å²) in [5, 5.41) is 11.1. The summed E-state index contributed by atoms with van der Waals surface area (Å²) in [6.07, 6.45) is 5.36. The fourth-order valence-electron chi connectivity index (χ4n) is 3.91. The summed E-state index contributed by atoms with van der Waals surface area (Å²) in [7, 11) is 0. The van der Waals surface area contributed by atoms with Gasteiger partial charge in [-0.1, -0.05) is 0 Å². The van der Waals surface area contributed by atoms with Crippen molar-refractivity contribution in [2.75, 3.05) is 18.0 Å². The maximum Gasteiger partial charge on any atom is 0.282 e. The van der Waals surface area contributed by atoms with E-state index in [4.69, 9.17) is 0 Å². The number of piperidine rings is 1. The van der Waals surface area contributed by atoms with Crippen LogP contribution < -0.4 is 4.90 Å². The minimum atomic E-state index is -2.64. The van der Waals surface area contributed by atoms with Crippen LogP contribution in [0.4, 0.5) is 14.6 Å². The fourth-order valence-corrected chi connectivity index (χ4v) is 3.91. The molecule has 1 N–H and O–H groups in total. The SMILES string of the molecule is FC(F)c1ccc2ncc(-c3cc(N4CCC(Cc5ccn[nH]5)CC4)ncn3)n2n1. The second-order valence-corrected chi connectivity index (χ2v) is 7.45. The summed E-state index contributed by atoms with van der Waals surface area (Å²) in [6.45, 7) is 1.80. The lowest BCUT2D eigenvalue weighted by Crippen LogP contribution is -2.35. The number of anilines is 1. The monoisotopic (exact) mass is 410 g/mol. The third kappa shape index (κ3) is 3.60. The molecule has 0 aliphatic carbocycles. The molecule has 1 fully saturated rings.